The summed E-state index contributed by atoms with van der Waals surface area (Å²) in [6.07, 6.45) is 4.74. The molecule has 0 aliphatic heterocycles. The van der Waals surface area contributed by atoms with E-state index in [0.29, 0.717) is 6.54 Å². The largest absolute Gasteiger partial charge is 0.389 e. The number of aliphatic hydroxyl groups is 1. The average Bonchev–Trinajstić information content (AvgIpc) is 2.90. The van der Waals surface area contributed by atoms with Crippen LogP contribution in [0.15, 0.2) is 30.3 Å². The van der Waals surface area contributed by atoms with Crippen molar-refractivity contribution in [2.45, 2.75) is 44.1 Å². The molecule has 21 heavy (non-hydrogen) atoms. The normalized spacial score (nSPS) is 16.7. The maximum Gasteiger partial charge on any atom is 0.222 e. The molecule has 1 saturated carbocycles. The van der Waals surface area contributed by atoms with E-state index >= 15 is 0 Å². The zero-order valence-corrected chi connectivity index (χ0v) is 12.8. The number of rotatable bonds is 7. The summed E-state index contributed by atoms with van der Waals surface area (Å²) < 4.78 is 0. The zero-order valence-electron chi connectivity index (χ0n) is 12.8. The average molecular weight is 290 g/mol. The van der Waals surface area contributed by atoms with Gasteiger partial charge in [-0.3, -0.25) is 4.79 Å². The van der Waals surface area contributed by atoms with Crippen molar-refractivity contribution < 1.29 is 9.90 Å². The van der Waals surface area contributed by atoms with Crippen LogP contribution in [0.25, 0.3) is 0 Å². The Hall–Kier alpha value is -1.55. The fourth-order valence-corrected chi connectivity index (χ4v) is 2.93. The van der Waals surface area contributed by atoms with Gasteiger partial charge in [0.25, 0.3) is 0 Å². The molecule has 1 amide bonds. The fourth-order valence-electron chi connectivity index (χ4n) is 2.93. The van der Waals surface area contributed by atoms with E-state index in [-0.39, 0.29) is 12.3 Å². The molecule has 0 aromatic heterocycles. The van der Waals surface area contributed by atoms with Crippen molar-refractivity contribution in [2.75, 3.05) is 25.0 Å². The monoisotopic (exact) mass is 290 g/mol. The van der Waals surface area contributed by atoms with Gasteiger partial charge in [-0.15, -0.1) is 0 Å². The number of carbonyl (C=O) groups is 1. The van der Waals surface area contributed by atoms with Gasteiger partial charge in [0.15, 0.2) is 0 Å². The van der Waals surface area contributed by atoms with Crippen molar-refractivity contribution in [3.05, 3.63) is 30.3 Å². The van der Waals surface area contributed by atoms with Crippen molar-refractivity contribution in [2.24, 2.45) is 0 Å². The molecule has 2 N–H and O–H groups in total. The van der Waals surface area contributed by atoms with Crippen LogP contribution in [0.5, 0.6) is 0 Å². The van der Waals surface area contributed by atoms with Crippen LogP contribution in [0.4, 0.5) is 5.69 Å². The fraction of sp³-hybridized carbons (Fsp3) is 0.588. The Kier molecular flexibility index (Phi) is 5.62. The van der Waals surface area contributed by atoms with Crippen molar-refractivity contribution in [3.63, 3.8) is 0 Å². The highest BCUT2D eigenvalue weighted by atomic mass is 16.3. The molecule has 0 heterocycles. The molecule has 1 aromatic carbocycles. The van der Waals surface area contributed by atoms with Gasteiger partial charge in [-0.2, -0.15) is 0 Å². The molecule has 0 spiro atoms. The van der Waals surface area contributed by atoms with Crippen molar-refractivity contribution in [3.8, 4) is 0 Å². The van der Waals surface area contributed by atoms with Crippen LogP contribution in [-0.4, -0.2) is 36.8 Å². The molecule has 1 aromatic rings. The topological polar surface area (TPSA) is 52.6 Å². The summed E-state index contributed by atoms with van der Waals surface area (Å²) in [4.78, 5) is 14.0. The van der Waals surface area contributed by atoms with Crippen LogP contribution in [0.1, 0.15) is 38.5 Å². The summed E-state index contributed by atoms with van der Waals surface area (Å²) in [6.45, 7) is 1.56. The van der Waals surface area contributed by atoms with E-state index in [1.54, 1.807) is 0 Å². The molecule has 0 unspecified atom stereocenters. The first-order valence-electron chi connectivity index (χ1n) is 7.84. The van der Waals surface area contributed by atoms with Gasteiger partial charge in [0.1, 0.15) is 0 Å². The maximum atomic E-state index is 11.8. The van der Waals surface area contributed by atoms with Crippen LogP contribution in [0.2, 0.25) is 0 Å². The van der Waals surface area contributed by atoms with Gasteiger partial charge in [0.05, 0.1) is 12.0 Å². The minimum Gasteiger partial charge on any atom is -0.389 e. The summed E-state index contributed by atoms with van der Waals surface area (Å²) >= 11 is 0. The summed E-state index contributed by atoms with van der Waals surface area (Å²) in [5.74, 6) is -0.0261. The molecular formula is C17H26N2O2. The van der Waals surface area contributed by atoms with E-state index in [0.717, 1.165) is 38.6 Å². The van der Waals surface area contributed by atoms with E-state index in [9.17, 15) is 9.90 Å². The Bertz CT molecular complexity index is 441. The minimum absolute atomic E-state index is 0.0261. The molecule has 2 rings (SSSR count). The van der Waals surface area contributed by atoms with Gasteiger partial charge in [0.2, 0.25) is 5.91 Å². The van der Waals surface area contributed by atoms with Crippen LogP contribution in [-0.2, 0) is 4.79 Å². The predicted octanol–water partition coefficient (Wildman–Crippen LogP) is 2.32. The Morgan fingerprint density at radius 3 is 2.62 bits per heavy atom. The van der Waals surface area contributed by atoms with Gasteiger partial charge >= 0.3 is 0 Å². The molecule has 0 saturated heterocycles. The highest BCUT2D eigenvalue weighted by Gasteiger charge is 2.33. The molecule has 1 fully saturated rings. The summed E-state index contributed by atoms with van der Waals surface area (Å²) in [7, 11) is 2.05. The van der Waals surface area contributed by atoms with Crippen LogP contribution < -0.4 is 10.2 Å². The Labute approximate surface area is 127 Å². The number of amides is 1. The van der Waals surface area contributed by atoms with E-state index in [4.69, 9.17) is 0 Å². The van der Waals surface area contributed by atoms with Crippen molar-refractivity contribution in [1.29, 1.82) is 0 Å². The third-order valence-corrected chi connectivity index (χ3v) is 4.21. The first kappa shape index (κ1) is 15.8. The second-order valence-electron chi connectivity index (χ2n) is 6.07. The number of hydrogen-bond acceptors (Lipinski definition) is 3. The Morgan fingerprint density at radius 2 is 1.95 bits per heavy atom. The van der Waals surface area contributed by atoms with Crippen molar-refractivity contribution in [1.82, 2.24) is 5.32 Å². The minimum atomic E-state index is -0.745. The van der Waals surface area contributed by atoms with E-state index in [2.05, 4.69) is 29.4 Å². The van der Waals surface area contributed by atoms with E-state index in [1.165, 1.54) is 5.69 Å². The lowest BCUT2D eigenvalue weighted by atomic mass is 9.98. The number of nitrogens with one attached hydrogen (secondary N) is 1. The predicted molar refractivity (Wildman–Crippen MR) is 85.4 cm³/mol. The lowest BCUT2D eigenvalue weighted by Gasteiger charge is -2.22. The SMILES string of the molecule is CN(CCCNC(=O)CC1(O)CCCC1)c1ccccc1. The Morgan fingerprint density at radius 1 is 1.29 bits per heavy atom. The molecular weight excluding hydrogens is 264 g/mol. The second-order valence-corrected chi connectivity index (χ2v) is 6.07. The van der Waals surface area contributed by atoms with Crippen LogP contribution in [0.3, 0.4) is 0 Å². The lowest BCUT2D eigenvalue weighted by molar-refractivity contribution is -0.125. The smallest absolute Gasteiger partial charge is 0.222 e. The zero-order chi connectivity index (χ0) is 15.1. The second kappa shape index (κ2) is 7.46. The lowest BCUT2D eigenvalue weighted by Crippen LogP contribution is -2.35. The quantitative estimate of drug-likeness (QED) is 0.758. The highest BCUT2D eigenvalue weighted by molar-refractivity contribution is 5.77. The van der Waals surface area contributed by atoms with Gasteiger partial charge in [-0.25, -0.2) is 0 Å². The van der Waals surface area contributed by atoms with Gasteiger partial charge in [-0.1, -0.05) is 31.0 Å². The number of carbonyl (C=O) groups excluding carboxylic acids is 1. The molecule has 0 bridgehead atoms. The molecule has 116 valence electrons. The van der Waals surface area contributed by atoms with Crippen LogP contribution in [0, 0.1) is 0 Å². The first-order chi connectivity index (χ1) is 10.1. The third-order valence-electron chi connectivity index (χ3n) is 4.21. The molecule has 4 heteroatoms. The van der Waals surface area contributed by atoms with E-state index in [1.807, 2.05) is 18.2 Å². The summed E-state index contributed by atoms with van der Waals surface area (Å²) in [5.41, 5.74) is 0.439. The summed E-state index contributed by atoms with van der Waals surface area (Å²) in [6, 6.07) is 10.2. The number of benzene rings is 1. The highest BCUT2D eigenvalue weighted by Crippen LogP contribution is 2.32. The van der Waals surface area contributed by atoms with Crippen LogP contribution >= 0.6 is 0 Å². The number of para-hydroxylation sites is 1. The molecule has 1 aliphatic rings. The molecule has 1 aliphatic carbocycles. The van der Waals surface area contributed by atoms with Gasteiger partial charge in [-0.05, 0) is 31.4 Å². The standard InChI is InChI=1S/C17H26N2O2/c1-19(15-8-3-2-4-9-15)13-7-12-18-16(20)14-17(21)10-5-6-11-17/h2-4,8-9,21H,5-7,10-14H2,1H3,(H,18,20). The molecule has 0 atom stereocenters. The first-order valence-corrected chi connectivity index (χ1v) is 7.84. The molecule has 0 radical (unpaired) electrons. The number of hydrogen-bond donors (Lipinski definition) is 2. The number of nitrogens with zero attached hydrogens (tertiary/aromatic N) is 1. The molecule has 4 nitrogen and oxygen atoms in total. The van der Waals surface area contributed by atoms with Gasteiger partial charge in [0, 0.05) is 25.8 Å². The third kappa shape index (κ3) is 5.05. The van der Waals surface area contributed by atoms with Gasteiger partial charge < -0.3 is 15.3 Å². The van der Waals surface area contributed by atoms with E-state index < -0.39 is 5.60 Å². The van der Waals surface area contributed by atoms with Crippen molar-refractivity contribution >= 4 is 11.6 Å². The summed E-state index contributed by atoms with van der Waals surface area (Å²) in [5, 5.41) is 13.1. The maximum absolute atomic E-state index is 11.8. The Balaban J connectivity index is 1.62. The number of anilines is 1.